The molecule has 0 aliphatic carbocycles. The van der Waals surface area contributed by atoms with Gasteiger partial charge in [0.15, 0.2) is 0 Å². The van der Waals surface area contributed by atoms with Crippen LogP contribution in [0.1, 0.15) is 36.0 Å². The number of carbonyl (C=O) groups excluding carboxylic acids is 3. The number of carbonyl (C=O) groups is 3. The molecule has 8 nitrogen and oxygen atoms in total. The van der Waals surface area contributed by atoms with Crippen molar-refractivity contribution in [3.63, 3.8) is 0 Å². The summed E-state index contributed by atoms with van der Waals surface area (Å²) in [6, 6.07) is 9.95. The maximum Gasteiger partial charge on any atom is 0.256 e. The second-order valence-electron chi connectivity index (χ2n) is 9.48. The lowest BCUT2D eigenvalue weighted by molar-refractivity contribution is -0.664. The number of nitrogens with one attached hydrogen (secondary N) is 2. The summed E-state index contributed by atoms with van der Waals surface area (Å²) in [4.78, 5) is 41.1. The van der Waals surface area contributed by atoms with E-state index in [1.54, 1.807) is 42.3 Å². The molecule has 0 spiro atoms. The van der Waals surface area contributed by atoms with Crippen molar-refractivity contribution < 1.29 is 24.4 Å². The summed E-state index contributed by atoms with van der Waals surface area (Å²) in [5, 5.41) is 8.87. The molecule has 3 aliphatic rings. The van der Waals surface area contributed by atoms with E-state index in [0.717, 1.165) is 37.1 Å². The van der Waals surface area contributed by atoms with Gasteiger partial charge in [-0.15, -0.1) is 0 Å². The predicted molar refractivity (Wildman–Crippen MR) is 132 cm³/mol. The van der Waals surface area contributed by atoms with Crippen LogP contribution < -0.4 is 20.7 Å². The lowest BCUT2D eigenvalue weighted by Crippen LogP contribution is -2.86. The van der Waals surface area contributed by atoms with Crippen LogP contribution >= 0.6 is 11.6 Å². The van der Waals surface area contributed by atoms with Crippen molar-refractivity contribution in [2.45, 2.75) is 37.8 Å². The van der Waals surface area contributed by atoms with Gasteiger partial charge in [0, 0.05) is 41.9 Å². The molecular formula is C26H30ClN4O4+. The SMILES string of the molecule is COc1ccc(Cl)cc1-c1ccc2c(c1)C(=O)N1CC[C@H](NC(=O)C3CC[NH2+]CC3)C[C@H]1C(=O)N2. The molecule has 3 aliphatic heterocycles. The van der Waals surface area contributed by atoms with E-state index in [2.05, 4.69) is 16.0 Å². The first kappa shape index (κ1) is 23.6. The minimum Gasteiger partial charge on any atom is -0.496 e. The van der Waals surface area contributed by atoms with Gasteiger partial charge in [-0.05, 0) is 48.7 Å². The number of anilines is 1. The molecule has 0 unspecified atom stereocenters. The van der Waals surface area contributed by atoms with E-state index < -0.39 is 6.04 Å². The maximum atomic E-state index is 13.6. The van der Waals surface area contributed by atoms with Gasteiger partial charge in [-0.25, -0.2) is 0 Å². The molecule has 5 rings (SSSR count). The summed E-state index contributed by atoms with van der Waals surface area (Å²) in [5.41, 5.74) is 2.46. The highest BCUT2D eigenvalue weighted by Gasteiger charge is 2.40. The third kappa shape index (κ3) is 4.73. The average molecular weight is 498 g/mol. The van der Waals surface area contributed by atoms with Crippen molar-refractivity contribution in [3.05, 3.63) is 47.0 Å². The number of nitrogens with two attached hydrogens (primary N) is 1. The minimum absolute atomic E-state index is 0.0359. The van der Waals surface area contributed by atoms with E-state index in [-0.39, 0.29) is 29.7 Å². The van der Waals surface area contributed by atoms with Crippen molar-refractivity contribution in [3.8, 4) is 16.9 Å². The first-order valence-corrected chi connectivity index (χ1v) is 12.5. The van der Waals surface area contributed by atoms with Gasteiger partial charge in [0.25, 0.3) is 5.91 Å². The molecule has 0 radical (unpaired) electrons. The number of amides is 3. The first-order chi connectivity index (χ1) is 16.9. The number of ether oxygens (including phenoxy) is 1. The standard InChI is InChI=1S/C26H29ClN4O4/c1-35-23-5-3-17(27)13-19(23)16-2-4-21-20(12-16)26(34)31-11-8-18(14-22(31)25(33)30-21)29-24(32)15-6-9-28-10-7-15/h2-5,12-13,15,18,22,28H,6-11,14H2,1H3,(H,29,32)(H,30,33)/p+1/t18-,22-/m0/s1. The molecule has 2 saturated heterocycles. The van der Waals surface area contributed by atoms with E-state index in [1.807, 2.05) is 6.07 Å². The number of fused-ring (bicyclic) bond motifs is 2. The van der Waals surface area contributed by atoms with Gasteiger partial charge in [0.05, 0.1) is 31.5 Å². The van der Waals surface area contributed by atoms with Crippen LogP contribution in [-0.4, -0.2) is 61.4 Å². The van der Waals surface area contributed by atoms with Crippen LogP contribution in [0.5, 0.6) is 5.75 Å². The number of nitrogens with zero attached hydrogens (tertiary/aromatic N) is 1. The minimum atomic E-state index is -0.627. The molecule has 2 fully saturated rings. The van der Waals surface area contributed by atoms with Gasteiger partial charge >= 0.3 is 0 Å². The fourth-order valence-corrected chi connectivity index (χ4v) is 5.54. The zero-order valence-electron chi connectivity index (χ0n) is 19.7. The smallest absolute Gasteiger partial charge is 0.256 e. The van der Waals surface area contributed by atoms with E-state index in [4.69, 9.17) is 16.3 Å². The van der Waals surface area contributed by atoms with Crippen LogP contribution in [0.2, 0.25) is 5.02 Å². The molecular weight excluding hydrogens is 468 g/mol. The summed E-state index contributed by atoms with van der Waals surface area (Å²) in [6.45, 7) is 2.35. The van der Waals surface area contributed by atoms with Crippen molar-refractivity contribution in [1.82, 2.24) is 10.2 Å². The van der Waals surface area contributed by atoms with Gasteiger partial charge in [0.2, 0.25) is 11.8 Å². The molecule has 2 atom stereocenters. The normalized spacial score (nSPS) is 22.5. The van der Waals surface area contributed by atoms with Gasteiger partial charge in [-0.2, -0.15) is 0 Å². The Morgan fingerprint density at radius 1 is 1.11 bits per heavy atom. The van der Waals surface area contributed by atoms with Gasteiger partial charge in [0.1, 0.15) is 11.8 Å². The van der Waals surface area contributed by atoms with Crippen molar-refractivity contribution in [1.29, 1.82) is 0 Å². The zero-order chi connectivity index (χ0) is 24.5. The van der Waals surface area contributed by atoms with Crippen LogP contribution in [0.25, 0.3) is 11.1 Å². The quantitative estimate of drug-likeness (QED) is 0.601. The van der Waals surface area contributed by atoms with Crippen LogP contribution in [0.3, 0.4) is 0 Å². The Kier molecular flexibility index (Phi) is 6.67. The molecule has 4 N–H and O–H groups in total. The van der Waals surface area contributed by atoms with E-state index in [1.165, 1.54) is 0 Å². The van der Waals surface area contributed by atoms with Gasteiger partial charge < -0.3 is 25.6 Å². The molecule has 0 bridgehead atoms. The predicted octanol–water partition coefficient (Wildman–Crippen LogP) is 2.03. The molecule has 184 valence electrons. The second kappa shape index (κ2) is 9.87. The molecule has 0 aromatic heterocycles. The summed E-state index contributed by atoms with van der Waals surface area (Å²) in [7, 11) is 1.59. The third-order valence-corrected chi connectivity index (χ3v) is 7.54. The average Bonchev–Trinajstić information content (AvgIpc) is 2.98. The summed E-state index contributed by atoms with van der Waals surface area (Å²) < 4.78 is 5.48. The Hall–Kier alpha value is -3.10. The summed E-state index contributed by atoms with van der Waals surface area (Å²) in [6.07, 6.45) is 2.78. The van der Waals surface area contributed by atoms with Gasteiger partial charge in [-0.1, -0.05) is 17.7 Å². The highest BCUT2D eigenvalue weighted by atomic mass is 35.5. The molecule has 2 aromatic rings. The molecule has 3 heterocycles. The molecule has 2 aromatic carbocycles. The molecule has 35 heavy (non-hydrogen) atoms. The van der Waals surface area contributed by atoms with E-state index in [0.29, 0.717) is 41.4 Å². The first-order valence-electron chi connectivity index (χ1n) is 12.2. The Morgan fingerprint density at radius 3 is 2.69 bits per heavy atom. The van der Waals surface area contributed by atoms with E-state index >= 15 is 0 Å². The Bertz CT molecular complexity index is 1160. The monoisotopic (exact) mass is 497 g/mol. The summed E-state index contributed by atoms with van der Waals surface area (Å²) >= 11 is 6.21. The van der Waals surface area contributed by atoms with Crippen molar-refractivity contribution >= 4 is 35.0 Å². The zero-order valence-corrected chi connectivity index (χ0v) is 20.4. The van der Waals surface area contributed by atoms with Crippen LogP contribution in [0.4, 0.5) is 5.69 Å². The molecule has 9 heteroatoms. The van der Waals surface area contributed by atoms with Crippen molar-refractivity contribution in [2.75, 3.05) is 32.1 Å². The lowest BCUT2D eigenvalue weighted by Gasteiger charge is -2.38. The van der Waals surface area contributed by atoms with Gasteiger partial charge in [-0.3, -0.25) is 14.4 Å². The van der Waals surface area contributed by atoms with Crippen LogP contribution in [0.15, 0.2) is 36.4 Å². The Balaban J connectivity index is 1.37. The number of methoxy groups -OCH3 is 1. The Labute approximate surface area is 209 Å². The Morgan fingerprint density at radius 2 is 1.91 bits per heavy atom. The largest absolute Gasteiger partial charge is 0.496 e. The number of quaternary nitrogens is 1. The van der Waals surface area contributed by atoms with Crippen LogP contribution in [0, 0.1) is 5.92 Å². The number of hydrogen-bond donors (Lipinski definition) is 3. The maximum absolute atomic E-state index is 13.6. The third-order valence-electron chi connectivity index (χ3n) is 7.30. The highest BCUT2D eigenvalue weighted by Crippen LogP contribution is 2.36. The topological polar surface area (TPSA) is 104 Å². The van der Waals surface area contributed by atoms with E-state index in [9.17, 15) is 14.4 Å². The fraction of sp³-hybridized carbons (Fsp3) is 0.423. The van der Waals surface area contributed by atoms with Crippen LogP contribution in [-0.2, 0) is 9.59 Å². The number of piperidine rings is 2. The van der Waals surface area contributed by atoms with Crippen molar-refractivity contribution in [2.24, 2.45) is 5.92 Å². The second-order valence-corrected chi connectivity index (χ2v) is 9.92. The number of benzene rings is 2. The molecule has 0 saturated carbocycles. The number of halogens is 1. The fourth-order valence-electron chi connectivity index (χ4n) is 5.37. The number of rotatable bonds is 4. The molecule has 3 amide bonds. The lowest BCUT2D eigenvalue weighted by atomic mass is 9.93. The summed E-state index contributed by atoms with van der Waals surface area (Å²) in [5.74, 6) is 0.328. The highest BCUT2D eigenvalue weighted by molar-refractivity contribution is 6.31. The number of hydrogen-bond acceptors (Lipinski definition) is 4.